The summed E-state index contributed by atoms with van der Waals surface area (Å²) in [4.78, 5) is 0. The fourth-order valence-corrected chi connectivity index (χ4v) is 2.36. The topological polar surface area (TPSA) is 51.8 Å². The molecule has 1 rings (SSSR count). The molecule has 0 unspecified atom stereocenters. The van der Waals surface area contributed by atoms with Crippen molar-refractivity contribution in [3.63, 3.8) is 0 Å². The molecule has 0 bridgehead atoms. The van der Waals surface area contributed by atoms with Crippen LogP contribution >= 0.6 is 23.1 Å². The summed E-state index contributed by atoms with van der Waals surface area (Å²) >= 11 is 2.43. The van der Waals surface area contributed by atoms with E-state index in [4.69, 9.17) is 5.73 Å². The maximum Gasteiger partial charge on any atom is 0.389 e. The summed E-state index contributed by atoms with van der Waals surface area (Å²) < 4.78 is 35.8. The number of nitrogens with zero attached hydrogens (tertiary/aromatic N) is 2. The molecule has 1 heterocycles. The van der Waals surface area contributed by atoms with E-state index in [2.05, 4.69) is 10.2 Å². The van der Waals surface area contributed by atoms with Crippen molar-refractivity contribution in [1.82, 2.24) is 10.2 Å². The SMILES string of the molecule is Nc1nnc(SCCCC(F)(F)F)s1. The third-order valence-corrected chi connectivity index (χ3v) is 3.22. The zero-order chi connectivity index (χ0) is 10.6. The second-order valence-corrected chi connectivity index (χ2v) is 4.82. The first-order chi connectivity index (χ1) is 6.47. The van der Waals surface area contributed by atoms with Gasteiger partial charge < -0.3 is 5.73 Å². The molecule has 14 heavy (non-hydrogen) atoms. The number of alkyl halides is 3. The first kappa shape index (κ1) is 11.6. The van der Waals surface area contributed by atoms with Gasteiger partial charge in [0.15, 0.2) is 4.34 Å². The van der Waals surface area contributed by atoms with E-state index in [9.17, 15) is 13.2 Å². The quantitative estimate of drug-likeness (QED) is 0.652. The largest absolute Gasteiger partial charge is 0.389 e. The molecule has 0 saturated carbocycles. The lowest BCUT2D eigenvalue weighted by molar-refractivity contribution is -0.134. The van der Waals surface area contributed by atoms with Gasteiger partial charge in [-0.3, -0.25) is 0 Å². The van der Waals surface area contributed by atoms with E-state index in [-0.39, 0.29) is 6.42 Å². The summed E-state index contributed by atoms with van der Waals surface area (Å²) in [7, 11) is 0. The molecule has 0 aliphatic heterocycles. The minimum atomic E-state index is -4.07. The van der Waals surface area contributed by atoms with Crippen LogP contribution in [0.2, 0.25) is 0 Å². The Bertz CT molecular complexity index is 286. The van der Waals surface area contributed by atoms with Crippen molar-refractivity contribution in [1.29, 1.82) is 0 Å². The minimum Gasteiger partial charge on any atom is -0.374 e. The summed E-state index contributed by atoms with van der Waals surface area (Å²) in [5, 5.41) is 7.56. The number of aromatic nitrogens is 2. The van der Waals surface area contributed by atoms with Gasteiger partial charge in [0.1, 0.15) is 0 Å². The number of rotatable bonds is 4. The molecule has 0 aliphatic carbocycles. The zero-order valence-corrected chi connectivity index (χ0v) is 8.68. The molecular formula is C6H8F3N3S2. The lowest BCUT2D eigenvalue weighted by atomic mass is 10.3. The van der Waals surface area contributed by atoms with Crippen molar-refractivity contribution in [2.45, 2.75) is 23.4 Å². The van der Waals surface area contributed by atoms with Gasteiger partial charge in [-0.25, -0.2) is 0 Å². The lowest BCUT2D eigenvalue weighted by Crippen LogP contribution is -2.06. The van der Waals surface area contributed by atoms with Gasteiger partial charge in [0, 0.05) is 12.2 Å². The highest BCUT2D eigenvalue weighted by atomic mass is 32.2. The minimum absolute atomic E-state index is 0.0909. The number of hydrogen-bond acceptors (Lipinski definition) is 5. The van der Waals surface area contributed by atoms with Crippen molar-refractivity contribution in [2.75, 3.05) is 11.5 Å². The Kier molecular flexibility index (Phi) is 3.99. The molecule has 1 aromatic heterocycles. The standard InChI is InChI=1S/C6H8F3N3S2/c7-6(8,9)2-1-3-13-5-12-11-4(10)14-5/h1-3H2,(H2,10,11). The predicted octanol–water partition coefficient (Wildman–Crippen LogP) is 2.55. The molecule has 0 aromatic carbocycles. The Hall–Kier alpha value is -0.500. The van der Waals surface area contributed by atoms with Gasteiger partial charge in [-0.05, 0) is 6.42 Å². The van der Waals surface area contributed by atoms with Crippen LogP contribution in [0.15, 0.2) is 4.34 Å². The van der Waals surface area contributed by atoms with E-state index in [1.165, 1.54) is 23.1 Å². The van der Waals surface area contributed by atoms with Gasteiger partial charge in [0.05, 0.1) is 0 Å². The third-order valence-electron chi connectivity index (χ3n) is 1.25. The monoisotopic (exact) mass is 243 g/mol. The number of halogens is 3. The normalized spacial score (nSPS) is 11.9. The molecule has 8 heteroatoms. The second kappa shape index (κ2) is 4.83. The summed E-state index contributed by atoms with van der Waals surface area (Å²) in [5.74, 6) is 0.383. The summed E-state index contributed by atoms with van der Waals surface area (Å²) in [5.41, 5.74) is 5.30. The van der Waals surface area contributed by atoms with E-state index in [0.717, 1.165) is 0 Å². The van der Waals surface area contributed by atoms with Crippen LogP contribution in [0, 0.1) is 0 Å². The van der Waals surface area contributed by atoms with E-state index in [0.29, 0.717) is 15.2 Å². The maximum absolute atomic E-state index is 11.7. The first-order valence-electron chi connectivity index (χ1n) is 3.76. The van der Waals surface area contributed by atoms with Crippen molar-refractivity contribution in [3.8, 4) is 0 Å². The first-order valence-corrected chi connectivity index (χ1v) is 5.56. The van der Waals surface area contributed by atoms with Crippen molar-refractivity contribution < 1.29 is 13.2 Å². The van der Waals surface area contributed by atoms with Gasteiger partial charge in [-0.1, -0.05) is 23.1 Å². The smallest absolute Gasteiger partial charge is 0.374 e. The third kappa shape index (κ3) is 4.66. The molecule has 3 nitrogen and oxygen atoms in total. The highest BCUT2D eigenvalue weighted by Gasteiger charge is 2.25. The Morgan fingerprint density at radius 3 is 2.57 bits per heavy atom. The number of thioether (sulfide) groups is 1. The average molecular weight is 243 g/mol. The Morgan fingerprint density at radius 1 is 1.36 bits per heavy atom. The molecule has 80 valence electrons. The van der Waals surface area contributed by atoms with E-state index >= 15 is 0 Å². The molecule has 2 N–H and O–H groups in total. The highest BCUT2D eigenvalue weighted by molar-refractivity contribution is 8.01. The molecule has 0 spiro atoms. The molecular weight excluding hydrogens is 235 g/mol. The Balaban J connectivity index is 2.16. The van der Waals surface area contributed by atoms with Crippen molar-refractivity contribution >= 4 is 28.2 Å². The van der Waals surface area contributed by atoms with E-state index in [1.807, 2.05) is 0 Å². The van der Waals surface area contributed by atoms with Crippen molar-refractivity contribution in [2.24, 2.45) is 0 Å². The van der Waals surface area contributed by atoms with Crippen LogP contribution in [0.4, 0.5) is 18.3 Å². The van der Waals surface area contributed by atoms with Crippen LogP contribution in [0.5, 0.6) is 0 Å². The van der Waals surface area contributed by atoms with Gasteiger partial charge in [-0.15, -0.1) is 10.2 Å². The fraction of sp³-hybridized carbons (Fsp3) is 0.667. The maximum atomic E-state index is 11.7. The van der Waals surface area contributed by atoms with Gasteiger partial charge in [0.25, 0.3) is 0 Å². The van der Waals surface area contributed by atoms with Gasteiger partial charge >= 0.3 is 6.18 Å². The summed E-state index contributed by atoms with van der Waals surface area (Å²) in [6, 6.07) is 0. The summed E-state index contributed by atoms with van der Waals surface area (Å²) in [6.45, 7) is 0. The van der Waals surface area contributed by atoms with Crippen LogP contribution in [-0.4, -0.2) is 22.1 Å². The number of hydrogen-bond donors (Lipinski definition) is 1. The number of nitrogen functional groups attached to an aromatic ring is 1. The number of anilines is 1. The molecule has 1 aromatic rings. The fourth-order valence-electron chi connectivity index (χ4n) is 0.711. The predicted molar refractivity (Wildman–Crippen MR) is 50.3 cm³/mol. The lowest BCUT2D eigenvalue weighted by Gasteiger charge is -2.03. The molecule has 0 radical (unpaired) electrons. The van der Waals surface area contributed by atoms with Crippen molar-refractivity contribution in [3.05, 3.63) is 0 Å². The molecule has 0 fully saturated rings. The van der Waals surface area contributed by atoms with Gasteiger partial charge in [-0.2, -0.15) is 13.2 Å². The van der Waals surface area contributed by atoms with E-state index in [1.54, 1.807) is 0 Å². The highest BCUT2D eigenvalue weighted by Crippen LogP contribution is 2.27. The average Bonchev–Trinajstić information content (AvgIpc) is 2.44. The van der Waals surface area contributed by atoms with E-state index < -0.39 is 12.6 Å². The molecule has 0 saturated heterocycles. The molecule has 0 aliphatic rings. The Morgan fingerprint density at radius 2 is 2.07 bits per heavy atom. The van der Waals surface area contributed by atoms with Gasteiger partial charge in [0.2, 0.25) is 5.13 Å². The summed E-state index contributed by atoms with van der Waals surface area (Å²) in [6.07, 6.45) is -4.73. The zero-order valence-electron chi connectivity index (χ0n) is 7.04. The molecule has 0 atom stereocenters. The van der Waals surface area contributed by atoms with Crippen LogP contribution in [0.1, 0.15) is 12.8 Å². The van der Waals surface area contributed by atoms with Crippen LogP contribution in [0.25, 0.3) is 0 Å². The van der Waals surface area contributed by atoms with Crippen LogP contribution in [0.3, 0.4) is 0 Å². The molecule has 0 amide bonds. The second-order valence-electron chi connectivity index (χ2n) is 2.47. The number of nitrogens with two attached hydrogens (primary N) is 1. The van der Waals surface area contributed by atoms with Crippen LogP contribution < -0.4 is 5.73 Å². The Labute approximate surface area is 86.9 Å². The van der Waals surface area contributed by atoms with Crippen LogP contribution in [-0.2, 0) is 0 Å².